The van der Waals surface area contributed by atoms with Crippen LogP contribution in [-0.4, -0.2) is 15.8 Å². The molecule has 0 radical (unpaired) electrons. The van der Waals surface area contributed by atoms with Crippen LogP contribution in [0.4, 0.5) is 4.39 Å². The van der Waals surface area contributed by atoms with Gasteiger partial charge in [-0.1, -0.05) is 50.3 Å². The first-order chi connectivity index (χ1) is 14.4. The minimum Gasteiger partial charge on any atom is -0.306 e. The molecule has 3 aromatic rings. The van der Waals surface area contributed by atoms with Gasteiger partial charge in [-0.3, -0.25) is 0 Å². The number of benzene rings is 2. The lowest BCUT2D eigenvalue weighted by molar-refractivity contribution is 0.559. The molecular formula is C26H30FN3. The van der Waals surface area contributed by atoms with E-state index in [2.05, 4.69) is 69.4 Å². The molecule has 0 saturated heterocycles. The summed E-state index contributed by atoms with van der Waals surface area (Å²) in [6.45, 7) is 9.47. The molecule has 1 aliphatic rings. The minimum atomic E-state index is -0.230. The quantitative estimate of drug-likeness (QED) is 0.515. The number of hydrogen-bond acceptors (Lipinski definition) is 2. The minimum absolute atomic E-state index is 0.230. The summed E-state index contributed by atoms with van der Waals surface area (Å²) in [5.74, 6) is 0.680. The predicted molar refractivity (Wildman–Crippen MR) is 121 cm³/mol. The Bertz CT molecular complexity index is 1030. The van der Waals surface area contributed by atoms with Crippen molar-refractivity contribution in [1.82, 2.24) is 15.1 Å². The number of allylic oxidation sites excluding steroid dienone is 1. The van der Waals surface area contributed by atoms with Crippen molar-refractivity contribution >= 4 is 0 Å². The Balaban J connectivity index is 1.42. The first-order valence-electron chi connectivity index (χ1n) is 10.7. The molecular weight excluding hydrogens is 373 g/mol. The Hall–Kier alpha value is -2.72. The highest BCUT2D eigenvalue weighted by Gasteiger charge is 2.26. The fourth-order valence-electron chi connectivity index (χ4n) is 4.36. The van der Waals surface area contributed by atoms with Gasteiger partial charge in [0.25, 0.3) is 0 Å². The van der Waals surface area contributed by atoms with Gasteiger partial charge in [-0.05, 0) is 61.6 Å². The number of rotatable bonds is 6. The van der Waals surface area contributed by atoms with Crippen molar-refractivity contribution in [1.29, 1.82) is 0 Å². The zero-order valence-corrected chi connectivity index (χ0v) is 18.2. The lowest BCUT2D eigenvalue weighted by atomic mass is 9.95. The lowest BCUT2D eigenvalue weighted by Crippen LogP contribution is -2.25. The number of nitrogens with zero attached hydrogens (tertiary/aromatic N) is 2. The monoisotopic (exact) mass is 403 g/mol. The largest absolute Gasteiger partial charge is 0.306 e. The van der Waals surface area contributed by atoms with Crippen molar-refractivity contribution < 1.29 is 4.39 Å². The van der Waals surface area contributed by atoms with Crippen molar-refractivity contribution in [3.63, 3.8) is 0 Å². The molecule has 4 heteroatoms. The molecule has 0 saturated carbocycles. The van der Waals surface area contributed by atoms with Gasteiger partial charge >= 0.3 is 0 Å². The van der Waals surface area contributed by atoms with Gasteiger partial charge in [0.05, 0.1) is 11.4 Å². The molecule has 0 bridgehead atoms. The summed E-state index contributed by atoms with van der Waals surface area (Å²) in [6.07, 6.45) is 5.60. The molecule has 4 rings (SSSR count). The van der Waals surface area contributed by atoms with E-state index in [1.54, 1.807) is 12.1 Å². The van der Waals surface area contributed by atoms with Gasteiger partial charge in [0.15, 0.2) is 0 Å². The van der Waals surface area contributed by atoms with Crippen LogP contribution in [0.2, 0.25) is 0 Å². The van der Waals surface area contributed by atoms with E-state index in [9.17, 15) is 4.39 Å². The van der Waals surface area contributed by atoms with Gasteiger partial charge in [-0.15, -0.1) is 0 Å². The second kappa shape index (κ2) is 8.57. The Kier molecular flexibility index (Phi) is 5.87. The van der Waals surface area contributed by atoms with E-state index in [-0.39, 0.29) is 5.82 Å². The molecule has 2 aromatic carbocycles. The second-order valence-electron chi connectivity index (χ2n) is 8.58. The summed E-state index contributed by atoms with van der Waals surface area (Å²) in [5, 5.41) is 8.41. The van der Waals surface area contributed by atoms with Crippen LogP contribution in [0.25, 0.3) is 5.69 Å². The normalized spacial score (nSPS) is 18.5. The fourth-order valence-corrected chi connectivity index (χ4v) is 4.36. The summed E-state index contributed by atoms with van der Waals surface area (Å²) in [7, 11) is 0. The molecule has 0 amide bonds. The van der Waals surface area contributed by atoms with Crippen LogP contribution in [0.15, 0.2) is 60.7 Å². The highest BCUT2D eigenvalue weighted by molar-refractivity contribution is 5.41. The summed E-state index contributed by atoms with van der Waals surface area (Å²) in [5.41, 5.74) is 7.03. The van der Waals surface area contributed by atoms with Crippen molar-refractivity contribution in [3.05, 3.63) is 94.6 Å². The van der Waals surface area contributed by atoms with E-state index < -0.39 is 0 Å². The molecule has 0 unspecified atom stereocenters. The zero-order chi connectivity index (χ0) is 21.3. The van der Waals surface area contributed by atoms with Crippen LogP contribution in [0.5, 0.6) is 0 Å². The van der Waals surface area contributed by atoms with Crippen molar-refractivity contribution in [2.24, 2.45) is 0 Å². The van der Waals surface area contributed by atoms with Crippen LogP contribution in [0.3, 0.4) is 0 Å². The Morgan fingerprint density at radius 1 is 1.03 bits per heavy atom. The number of nitrogens with one attached hydrogen (secondary N) is 1. The molecule has 156 valence electrons. The van der Waals surface area contributed by atoms with Gasteiger partial charge in [0, 0.05) is 29.8 Å². The second-order valence-corrected chi connectivity index (χ2v) is 8.58. The van der Waals surface area contributed by atoms with Gasteiger partial charge in [0.1, 0.15) is 5.82 Å². The maximum Gasteiger partial charge on any atom is 0.123 e. The van der Waals surface area contributed by atoms with Crippen molar-refractivity contribution in [2.45, 2.75) is 58.5 Å². The first kappa shape index (κ1) is 20.5. The summed E-state index contributed by atoms with van der Waals surface area (Å²) < 4.78 is 15.2. The summed E-state index contributed by atoms with van der Waals surface area (Å²) in [6, 6.07) is 15.8. The number of hydrogen-bond donors (Lipinski definition) is 1. The van der Waals surface area contributed by atoms with Gasteiger partial charge in [-0.2, -0.15) is 5.10 Å². The van der Waals surface area contributed by atoms with E-state index in [4.69, 9.17) is 5.10 Å². The molecule has 3 nitrogen and oxygen atoms in total. The van der Waals surface area contributed by atoms with E-state index in [0.29, 0.717) is 17.9 Å². The Labute approximate surface area is 178 Å². The molecule has 30 heavy (non-hydrogen) atoms. The maximum absolute atomic E-state index is 13.3. The smallest absolute Gasteiger partial charge is 0.123 e. The Morgan fingerprint density at radius 3 is 2.40 bits per heavy atom. The summed E-state index contributed by atoms with van der Waals surface area (Å²) in [4.78, 5) is 0. The lowest BCUT2D eigenvalue weighted by Gasteiger charge is -2.15. The molecule has 0 fully saturated rings. The third-order valence-electron chi connectivity index (χ3n) is 6.09. The van der Waals surface area contributed by atoms with E-state index in [0.717, 1.165) is 30.0 Å². The fraction of sp³-hybridized carbons (Fsp3) is 0.346. The molecule has 1 heterocycles. The molecule has 0 aliphatic heterocycles. The molecule has 1 aliphatic carbocycles. The van der Waals surface area contributed by atoms with Crippen LogP contribution < -0.4 is 5.32 Å². The summed E-state index contributed by atoms with van der Waals surface area (Å²) >= 11 is 0. The van der Waals surface area contributed by atoms with E-state index in [1.807, 2.05) is 4.68 Å². The average molecular weight is 404 g/mol. The first-order valence-corrected chi connectivity index (χ1v) is 10.7. The van der Waals surface area contributed by atoms with Crippen LogP contribution in [0, 0.1) is 19.7 Å². The zero-order valence-electron chi connectivity index (χ0n) is 18.2. The third kappa shape index (κ3) is 4.24. The van der Waals surface area contributed by atoms with Crippen LogP contribution >= 0.6 is 0 Å². The Morgan fingerprint density at radius 2 is 1.73 bits per heavy atom. The van der Waals surface area contributed by atoms with Gasteiger partial charge in [0.2, 0.25) is 0 Å². The molecule has 1 N–H and O–H groups in total. The third-order valence-corrected chi connectivity index (χ3v) is 6.09. The number of aryl methyl sites for hydroxylation is 1. The number of halogens is 1. The molecule has 1 aromatic heterocycles. The van der Waals surface area contributed by atoms with Crippen molar-refractivity contribution in [2.75, 3.05) is 0 Å². The van der Waals surface area contributed by atoms with E-state index >= 15 is 0 Å². The maximum atomic E-state index is 13.3. The standard InChI is InChI=1S/C26H30FN3/c1-17(2)21-7-5-20(6-8-21)16-28-24-12-9-22(15-24)26-18(3)29-30(19(26)4)25-13-10-23(27)11-14-25/h5-14,17,22,24,28H,15-16H2,1-4H3/t22-,24-/m1/s1. The van der Waals surface area contributed by atoms with E-state index in [1.165, 1.54) is 28.8 Å². The highest BCUT2D eigenvalue weighted by Crippen LogP contribution is 2.34. The average Bonchev–Trinajstić information content (AvgIpc) is 3.31. The topological polar surface area (TPSA) is 29.9 Å². The van der Waals surface area contributed by atoms with Gasteiger partial charge < -0.3 is 5.32 Å². The highest BCUT2D eigenvalue weighted by atomic mass is 19.1. The van der Waals surface area contributed by atoms with Crippen LogP contribution in [0.1, 0.15) is 60.2 Å². The SMILES string of the molecule is Cc1nn(-c2ccc(F)cc2)c(C)c1[C@@H]1C=C[C@@H](NCc2ccc(C(C)C)cc2)C1. The molecule has 0 spiro atoms. The number of aromatic nitrogens is 2. The van der Waals surface area contributed by atoms with Crippen LogP contribution in [-0.2, 0) is 6.54 Å². The predicted octanol–water partition coefficient (Wildman–Crippen LogP) is 5.95. The van der Waals surface area contributed by atoms with Gasteiger partial charge in [-0.25, -0.2) is 9.07 Å². The van der Waals surface area contributed by atoms with Crippen molar-refractivity contribution in [3.8, 4) is 5.69 Å². The molecule has 2 atom stereocenters.